The van der Waals surface area contributed by atoms with Crippen LogP contribution in [0.3, 0.4) is 0 Å². The highest BCUT2D eigenvalue weighted by atomic mass is 16.5. The van der Waals surface area contributed by atoms with Crippen LogP contribution in [0.15, 0.2) is 48.5 Å². The lowest BCUT2D eigenvalue weighted by molar-refractivity contribution is -0.139. The number of ether oxygens (including phenoxy) is 2. The Morgan fingerprint density at radius 3 is 2.48 bits per heavy atom. The largest absolute Gasteiger partial charge is 0.494 e. The van der Waals surface area contributed by atoms with E-state index in [0.29, 0.717) is 28.8 Å². The van der Waals surface area contributed by atoms with Crippen LogP contribution < -0.4 is 9.47 Å². The molecule has 0 amide bonds. The molecule has 0 fully saturated rings. The molecule has 0 bridgehead atoms. The van der Waals surface area contributed by atoms with Gasteiger partial charge in [-0.15, -0.1) is 0 Å². The highest BCUT2D eigenvalue weighted by Gasteiger charge is 2.17. The fourth-order valence-corrected chi connectivity index (χ4v) is 2.91. The number of carbonyl (C=O) groups is 2. The Kier molecular flexibility index (Phi) is 5.45. The lowest BCUT2D eigenvalue weighted by Gasteiger charge is -2.09. The number of carbonyl (C=O) groups excluding carboxylic acids is 1. The van der Waals surface area contributed by atoms with Gasteiger partial charge in [0.05, 0.1) is 12.1 Å². The number of hydrogen-bond acceptors (Lipinski definition) is 4. The monoisotopic (exact) mass is 367 g/mol. The molecule has 0 saturated heterocycles. The van der Waals surface area contributed by atoms with Gasteiger partial charge in [0.15, 0.2) is 6.61 Å². The molecule has 1 heterocycles. The van der Waals surface area contributed by atoms with Crippen molar-refractivity contribution in [2.45, 2.75) is 20.3 Å². The van der Waals surface area contributed by atoms with Gasteiger partial charge in [0.1, 0.15) is 11.5 Å². The standard InChI is InChI=1S/C21H21NO5/c1-3-11-26-16-9-7-15(8-10-16)21(25)22-14(2)12-17-18(22)5-4-6-19(17)27-13-20(23)24/h4-10,12H,3,11,13H2,1-2H3,(H,23,24). The number of aliphatic carboxylic acids is 1. The van der Waals surface area contributed by atoms with Gasteiger partial charge in [0, 0.05) is 16.6 Å². The van der Waals surface area contributed by atoms with Crippen LogP contribution in [0.25, 0.3) is 10.9 Å². The number of aromatic nitrogens is 1. The zero-order chi connectivity index (χ0) is 19.4. The third-order valence-corrected chi connectivity index (χ3v) is 4.12. The van der Waals surface area contributed by atoms with Crippen molar-refractivity contribution in [1.29, 1.82) is 0 Å². The predicted molar refractivity (Wildman–Crippen MR) is 102 cm³/mol. The third-order valence-electron chi connectivity index (χ3n) is 4.12. The maximum Gasteiger partial charge on any atom is 0.341 e. The smallest absolute Gasteiger partial charge is 0.341 e. The Morgan fingerprint density at radius 2 is 1.81 bits per heavy atom. The number of benzene rings is 2. The van der Waals surface area contributed by atoms with Gasteiger partial charge in [-0.3, -0.25) is 9.36 Å². The van der Waals surface area contributed by atoms with Crippen molar-refractivity contribution >= 4 is 22.8 Å². The molecule has 0 aliphatic carbocycles. The molecule has 2 aromatic carbocycles. The van der Waals surface area contributed by atoms with Gasteiger partial charge in [-0.1, -0.05) is 13.0 Å². The minimum Gasteiger partial charge on any atom is -0.494 e. The summed E-state index contributed by atoms with van der Waals surface area (Å²) in [7, 11) is 0. The minimum atomic E-state index is -1.05. The van der Waals surface area contributed by atoms with Gasteiger partial charge < -0.3 is 14.6 Å². The number of fused-ring (bicyclic) bond motifs is 1. The summed E-state index contributed by atoms with van der Waals surface area (Å²) in [6, 6.07) is 14.1. The van der Waals surface area contributed by atoms with Crippen LogP contribution in [-0.4, -0.2) is 34.8 Å². The summed E-state index contributed by atoms with van der Waals surface area (Å²) in [6.45, 7) is 4.06. The Labute approximate surface area is 156 Å². The first kappa shape index (κ1) is 18.5. The first-order valence-corrected chi connectivity index (χ1v) is 8.74. The molecule has 0 radical (unpaired) electrons. The summed E-state index contributed by atoms with van der Waals surface area (Å²) in [4.78, 5) is 23.8. The van der Waals surface area contributed by atoms with Gasteiger partial charge in [0.2, 0.25) is 0 Å². The second-order valence-electron chi connectivity index (χ2n) is 6.17. The SMILES string of the molecule is CCCOc1ccc(C(=O)n2c(C)cc3c(OCC(=O)O)cccc32)cc1. The van der Waals surface area contributed by atoms with E-state index >= 15 is 0 Å². The van der Waals surface area contributed by atoms with E-state index in [1.54, 1.807) is 41.0 Å². The molecule has 0 atom stereocenters. The number of nitrogens with zero attached hydrogens (tertiary/aromatic N) is 1. The number of rotatable bonds is 7. The molecule has 0 unspecified atom stereocenters. The molecule has 27 heavy (non-hydrogen) atoms. The van der Waals surface area contributed by atoms with Crippen LogP contribution in [0.2, 0.25) is 0 Å². The topological polar surface area (TPSA) is 77.8 Å². The van der Waals surface area contributed by atoms with Crippen molar-refractivity contribution in [3.05, 3.63) is 59.8 Å². The molecule has 0 spiro atoms. The maximum absolute atomic E-state index is 13.0. The Balaban J connectivity index is 1.94. The number of aryl methyl sites for hydroxylation is 1. The lowest BCUT2D eigenvalue weighted by Crippen LogP contribution is -2.13. The first-order valence-electron chi connectivity index (χ1n) is 8.74. The number of hydrogen-bond donors (Lipinski definition) is 1. The van der Waals surface area contributed by atoms with Crippen LogP contribution in [0.5, 0.6) is 11.5 Å². The van der Waals surface area contributed by atoms with Crippen LogP contribution >= 0.6 is 0 Å². The molecule has 0 saturated carbocycles. The molecule has 0 aliphatic heterocycles. The predicted octanol–water partition coefficient (Wildman–Crippen LogP) is 3.89. The van der Waals surface area contributed by atoms with E-state index in [9.17, 15) is 9.59 Å². The molecule has 3 rings (SSSR count). The average Bonchev–Trinajstić information content (AvgIpc) is 3.00. The Bertz CT molecular complexity index is 972. The fourth-order valence-electron chi connectivity index (χ4n) is 2.91. The summed E-state index contributed by atoms with van der Waals surface area (Å²) in [5, 5.41) is 9.53. The number of carboxylic acid groups (broad SMARTS) is 1. The van der Waals surface area contributed by atoms with Crippen molar-refractivity contribution in [2.75, 3.05) is 13.2 Å². The van der Waals surface area contributed by atoms with Crippen LogP contribution in [0.4, 0.5) is 0 Å². The quantitative estimate of drug-likeness (QED) is 0.685. The fraction of sp³-hybridized carbons (Fsp3) is 0.238. The van der Waals surface area contributed by atoms with E-state index < -0.39 is 12.6 Å². The van der Waals surface area contributed by atoms with E-state index in [2.05, 4.69) is 0 Å². The van der Waals surface area contributed by atoms with Crippen molar-refractivity contribution in [2.24, 2.45) is 0 Å². The first-order chi connectivity index (χ1) is 13.0. The summed E-state index contributed by atoms with van der Waals surface area (Å²) in [5.74, 6) is -0.0516. The van der Waals surface area contributed by atoms with Crippen molar-refractivity contribution < 1.29 is 24.2 Å². The van der Waals surface area contributed by atoms with Crippen LogP contribution in [-0.2, 0) is 4.79 Å². The average molecular weight is 367 g/mol. The normalized spacial score (nSPS) is 10.7. The minimum absolute atomic E-state index is 0.167. The highest BCUT2D eigenvalue weighted by Crippen LogP contribution is 2.29. The van der Waals surface area contributed by atoms with Gasteiger partial charge in [-0.2, -0.15) is 0 Å². The summed E-state index contributed by atoms with van der Waals surface area (Å²) >= 11 is 0. The van der Waals surface area contributed by atoms with Crippen LogP contribution in [0.1, 0.15) is 29.4 Å². The Hall–Kier alpha value is -3.28. The molecule has 6 heteroatoms. The lowest BCUT2D eigenvalue weighted by atomic mass is 10.2. The molecule has 6 nitrogen and oxygen atoms in total. The van der Waals surface area contributed by atoms with Crippen molar-refractivity contribution in [1.82, 2.24) is 4.57 Å². The summed E-state index contributed by atoms with van der Waals surface area (Å²) < 4.78 is 12.5. The highest BCUT2D eigenvalue weighted by molar-refractivity contribution is 6.04. The van der Waals surface area contributed by atoms with Crippen molar-refractivity contribution in [3.63, 3.8) is 0 Å². The zero-order valence-corrected chi connectivity index (χ0v) is 15.3. The molecular formula is C21H21NO5. The molecule has 3 aromatic rings. The number of carboxylic acids is 1. The van der Waals surface area contributed by atoms with Gasteiger partial charge >= 0.3 is 5.97 Å². The van der Waals surface area contributed by atoms with Gasteiger partial charge in [-0.05, 0) is 55.8 Å². The molecule has 0 aliphatic rings. The summed E-state index contributed by atoms with van der Waals surface area (Å²) in [5.41, 5.74) is 1.95. The van der Waals surface area contributed by atoms with Gasteiger partial charge in [0.25, 0.3) is 5.91 Å². The summed E-state index contributed by atoms with van der Waals surface area (Å²) in [6.07, 6.45) is 0.918. The van der Waals surface area contributed by atoms with Gasteiger partial charge in [-0.25, -0.2) is 4.79 Å². The second kappa shape index (κ2) is 7.95. The zero-order valence-electron chi connectivity index (χ0n) is 15.3. The van der Waals surface area contributed by atoms with E-state index in [4.69, 9.17) is 14.6 Å². The Morgan fingerprint density at radius 1 is 1.07 bits per heavy atom. The third kappa shape index (κ3) is 3.95. The van der Waals surface area contributed by atoms with Crippen LogP contribution in [0, 0.1) is 6.92 Å². The van der Waals surface area contributed by atoms with E-state index in [1.807, 2.05) is 26.0 Å². The van der Waals surface area contributed by atoms with E-state index in [-0.39, 0.29) is 5.91 Å². The molecular weight excluding hydrogens is 346 g/mol. The van der Waals surface area contributed by atoms with E-state index in [1.165, 1.54) is 0 Å². The molecule has 1 aromatic heterocycles. The van der Waals surface area contributed by atoms with E-state index in [0.717, 1.165) is 17.9 Å². The molecule has 1 N–H and O–H groups in total. The maximum atomic E-state index is 13.0. The van der Waals surface area contributed by atoms with Crippen molar-refractivity contribution in [3.8, 4) is 11.5 Å². The molecule has 140 valence electrons. The second-order valence-corrected chi connectivity index (χ2v) is 6.17.